The summed E-state index contributed by atoms with van der Waals surface area (Å²) in [7, 11) is 0. The van der Waals surface area contributed by atoms with Crippen molar-refractivity contribution in [2.45, 2.75) is 33.2 Å². The molecule has 5 heteroatoms. The van der Waals surface area contributed by atoms with Gasteiger partial charge in [0.2, 0.25) is 5.91 Å². The Bertz CT molecular complexity index is 737. The number of aryl methyl sites for hydroxylation is 1. The summed E-state index contributed by atoms with van der Waals surface area (Å²) in [5.41, 5.74) is 1.69. The SMILES string of the molecule is Cc1ccc(CNC(=O)[C@@]2(C)CCCN(C(=O)c3ccco3)C2)cc1. The summed E-state index contributed by atoms with van der Waals surface area (Å²) in [4.78, 5) is 26.9. The molecular formula is C20H24N2O3. The van der Waals surface area contributed by atoms with Crippen LogP contribution in [0.3, 0.4) is 0 Å². The highest BCUT2D eigenvalue weighted by Gasteiger charge is 2.39. The van der Waals surface area contributed by atoms with E-state index in [1.807, 2.05) is 38.1 Å². The molecule has 1 atom stereocenters. The fourth-order valence-corrected chi connectivity index (χ4v) is 3.26. The Kier molecular flexibility index (Phi) is 4.93. The van der Waals surface area contributed by atoms with Crippen LogP contribution in [0.1, 0.15) is 41.4 Å². The lowest BCUT2D eigenvalue weighted by Crippen LogP contribution is -2.51. The van der Waals surface area contributed by atoms with E-state index >= 15 is 0 Å². The number of piperidine rings is 1. The van der Waals surface area contributed by atoms with Crippen molar-refractivity contribution in [1.29, 1.82) is 0 Å². The lowest BCUT2D eigenvalue weighted by atomic mass is 9.80. The van der Waals surface area contributed by atoms with Crippen molar-refractivity contribution in [3.8, 4) is 0 Å². The van der Waals surface area contributed by atoms with Crippen molar-refractivity contribution in [3.63, 3.8) is 0 Å². The highest BCUT2D eigenvalue weighted by atomic mass is 16.3. The molecule has 0 spiro atoms. The third-order valence-electron chi connectivity index (χ3n) is 4.84. The van der Waals surface area contributed by atoms with Gasteiger partial charge < -0.3 is 14.6 Å². The van der Waals surface area contributed by atoms with Crippen LogP contribution in [-0.2, 0) is 11.3 Å². The zero-order valence-corrected chi connectivity index (χ0v) is 14.7. The van der Waals surface area contributed by atoms with Crippen LogP contribution < -0.4 is 5.32 Å². The molecule has 25 heavy (non-hydrogen) atoms. The van der Waals surface area contributed by atoms with Crippen molar-refractivity contribution in [2.24, 2.45) is 5.41 Å². The van der Waals surface area contributed by atoms with E-state index in [2.05, 4.69) is 5.32 Å². The maximum atomic E-state index is 12.7. The van der Waals surface area contributed by atoms with Crippen LogP contribution in [0.5, 0.6) is 0 Å². The van der Waals surface area contributed by atoms with Gasteiger partial charge in [-0.05, 0) is 44.4 Å². The first-order valence-electron chi connectivity index (χ1n) is 8.65. The Hall–Kier alpha value is -2.56. The van der Waals surface area contributed by atoms with Gasteiger partial charge in [0, 0.05) is 19.6 Å². The molecule has 3 rings (SSSR count). The number of carbonyl (C=O) groups excluding carboxylic acids is 2. The van der Waals surface area contributed by atoms with Crippen molar-refractivity contribution in [3.05, 3.63) is 59.5 Å². The van der Waals surface area contributed by atoms with Crippen molar-refractivity contribution in [2.75, 3.05) is 13.1 Å². The number of nitrogens with one attached hydrogen (secondary N) is 1. The summed E-state index contributed by atoms with van der Waals surface area (Å²) in [6, 6.07) is 11.5. The van der Waals surface area contributed by atoms with Crippen LogP contribution in [0, 0.1) is 12.3 Å². The summed E-state index contributed by atoms with van der Waals surface area (Å²) in [6.45, 7) is 5.53. The zero-order chi connectivity index (χ0) is 17.9. The Morgan fingerprint density at radius 2 is 2.00 bits per heavy atom. The number of amides is 2. The number of nitrogens with zero attached hydrogens (tertiary/aromatic N) is 1. The molecule has 5 nitrogen and oxygen atoms in total. The van der Waals surface area contributed by atoms with Gasteiger partial charge in [0.15, 0.2) is 5.76 Å². The van der Waals surface area contributed by atoms with Gasteiger partial charge in [0.1, 0.15) is 0 Å². The van der Waals surface area contributed by atoms with Crippen molar-refractivity contribution < 1.29 is 14.0 Å². The molecule has 1 saturated heterocycles. The maximum Gasteiger partial charge on any atom is 0.289 e. The molecule has 0 unspecified atom stereocenters. The summed E-state index contributed by atoms with van der Waals surface area (Å²) >= 11 is 0. The third kappa shape index (κ3) is 3.92. The number of hydrogen-bond acceptors (Lipinski definition) is 3. The maximum absolute atomic E-state index is 12.7. The summed E-state index contributed by atoms with van der Waals surface area (Å²) in [6.07, 6.45) is 3.07. The average molecular weight is 340 g/mol. The molecule has 132 valence electrons. The van der Waals surface area contributed by atoms with Gasteiger partial charge in [0.05, 0.1) is 11.7 Å². The minimum absolute atomic E-state index is 0.00924. The molecule has 1 N–H and O–H groups in total. The number of rotatable bonds is 4. The smallest absolute Gasteiger partial charge is 0.289 e. The van der Waals surface area contributed by atoms with Crippen LogP contribution in [0.25, 0.3) is 0 Å². The standard InChI is InChI=1S/C20H24N2O3/c1-15-6-8-16(9-7-15)13-21-19(24)20(2)10-4-11-22(14-20)18(23)17-5-3-12-25-17/h3,5-9,12H,4,10-11,13-14H2,1-2H3,(H,21,24)/t20-/m0/s1. The normalized spacial score (nSPS) is 20.3. The van der Waals surface area contributed by atoms with Crippen molar-refractivity contribution >= 4 is 11.8 Å². The number of likely N-dealkylation sites (tertiary alicyclic amines) is 1. The highest BCUT2D eigenvalue weighted by Crippen LogP contribution is 2.30. The minimum atomic E-state index is -0.578. The van der Waals surface area contributed by atoms with Gasteiger partial charge in [-0.15, -0.1) is 0 Å². The summed E-state index contributed by atoms with van der Waals surface area (Å²) in [5.74, 6) is 0.164. The Balaban J connectivity index is 1.62. The number of hydrogen-bond donors (Lipinski definition) is 1. The predicted octanol–water partition coefficient (Wildman–Crippen LogP) is 3.15. The predicted molar refractivity (Wildman–Crippen MR) is 95.0 cm³/mol. The Morgan fingerprint density at radius 3 is 2.68 bits per heavy atom. The largest absolute Gasteiger partial charge is 0.459 e. The number of carbonyl (C=O) groups is 2. The van der Waals surface area contributed by atoms with Crippen LogP contribution in [-0.4, -0.2) is 29.8 Å². The first-order chi connectivity index (χ1) is 12.0. The Labute approximate surface area is 148 Å². The molecular weight excluding hydrogens is 316 g/mol. The first-order valence-corrected chi connectivity index (χ1v) is 8.65. The van der Waals surface area contributed by atoms with Gasteiger partial charge in [-0.25, -0.2) is 0 Å². The number of benzene rings is 1. The van der Waals surface area contributed by atoms with E-state index in [9.17, 15) is 9.59 Å². The molecule has 1 aromatic heterocycles. The first kappa shape index (κ1) is 17.3. The molecule has 1 aromatic carbocycles. The van der Waals surface area contributed by atoms with E-state index in [4.69, 9.17) is 4.42 Å². The molecule has 0 saturated carbocycles. The topological polar surface area (TPSA) is 62.6 Å². The molecule has 0 aliphatic carbocycles. The second-order valence-electron chi connectivity index (χ2n) is 7.04. The lowest BCUT2D eigenvalue weighted by molar-refractivity contribution is -0.132. The monoisotopic (exact) mass is 340 g/mol. The summed E-state index contributed by atoms with van der Waals surface area (Å²) in [5, 5.41) is 3.02. The van der Waals surface area contributed by atoms with E-state index in [-0.39, 0.29) is 11.8 Å². The van der Waals surface area contributed by atoms with E-state index in [1.165, 1.54) is 11.8 Å². The Morgan fingerprint density at radius 1 is 1.24 bits per heavy atom. The molecule has 2 heterocycles. The van der Waals surface area contributed by atoms with Gasteiger partial charge in [-0.2, -0.15) is 0 Å². The highest BCUT2D eigenvalue weighted by molar-refractivity contribution is 5.92. The second-order valence-corrected chi connectivity index (χ2v) is 7.04. The number of furan rings is 1. The second kappa shape index (κ2) is 7.13. The van der Waals surface area contributed by atoms with Crippen LogP contribution in [0.4, 0.5) is 0 Å². The lowest BCUT2D eigenvalue weighted by Gasteiger charge is -2.39. The van der Waals surface area contributed by atoms with Gasteiger partial charge in [-0.3, -0.25) is 9.59 Å². The van der Waals surface area contributed by atoms with Crippen LogP contribution in [0.15, 0.2) is 47.1 Å². The molecule has 1 fully saturated rings. The molecule has 2 amide bonds. The van der Waals surface area contributed by atoms with E-state index in [1.54, 1.807) is 17.0 Å². The van der Waals surface area contributed by atoms with E-state index < -0.39 is 5.41 Å². The van der Waals surface area contributed by atoms with Gasteiger partial charge >= 0.3 is 0 Å². The van der Waals surface area contributed by atoms with Gasteiger partial charge in [0.25, 0.3) is 5.91 Å². The third-order valence-corrected chi connectivity index (χ3v) is 4.84. The van der Waals surface area contributed by atoms with Gasteiger partial charge in [-0.1, -0.05) is 29.8 Å². The zero-order valence-electron chi connectivity index (χ0n) is 14.7. The van der Waals surface area contributed by atoms with E-state index in [0.717, 1.165) is 18.4 Å². The fourth-order valence-electron chi connectivity index (χ4n) is 3.26. The van der Waals surface area contributed by atoms with Crippen LogP contribution >= 0.6 is 0 Å². The quantitative estimate of drug-likeness (QED) is 0.930. The fraction of sp³-hybridized carbons (Fsp3) is 0.400. The molecule has 1 aliphatic rings. The van der Waals surface area contributed by atoms with Crippen molar-refractivity contribution in [1.82, 2.24) is 10.2 Å². The molecule has 1 aliphatic heterocycles. The molecule has 0 bridgehead atoms. The molecule has 0 radical (unpaired) electrons. The average Bonchev–Trinajstić information content (AvgIpc) is 3.15. The van der Waals surface area contributed by atoms with Crippen LogP contribution in [0.2, 0.25) is 0 Å². The van der Waals surface area contributed by atoms with E-state index in [0.29, 0.717) is 25.4 Å². The summed E-state index contributed by atoms with van der Waals surface area (Å²) < 4.78 is 5.20. The molecule has 2 aromatic rings. The minimum Gasteiger partial charge on any atom is -0.459 e.